The van der Waals surface area contributed by atoms with Crippen LogP contribution in [0.4, 0.5) is 0 Å². The minimum absolute atomic E-state index is 0.0178. The molecule has 1 aromatic rings. The first kappa shape index (κ1) is 13.1. The number of hydrogen-bond acceptors (Lipinski definition) is 2. The first-order valence-corrected chi connectivity index (χ1v) is 6.94. The van der Waals surface area contributed by atoms with Crippen LogP contribution < -0.4 is 0 Å². The van der Waals surface area contributed by atoms with Gasteiger partial charge in [0.1, 0.15) is 6.10 Å². The van der Waals surface area contributed by atoms with E-state index in [4.69, 9.17) is 4.74 Å². The van der Waals surface area contributed by atoms with E-state index >= 15 is 0 Å². The lowest BCUT2D eigenvalue weighted by Gasteiger charge is -2.19. The molecule has 2 nitrogen and oxygen atoms in total. The normalized spacial score (nSPS) is 17.1. The Balaban J connectivity index is 2.05. The average Bonchev–Trinajstić information content (AvgIpc) is 2.84. The highest BCUT2D eigenvalue weighted by Crippen LogP contribution is 2.23. The van der Waals surface area contributed by atoms with Gasteiger partial charge in [-0.2, -0.15) is 0 Å². The molecule has 0 saturated heterocycles. The maximum absolute atomic E-state index is 12.1. The fourth-order valence-corrected chi connectivity index (χ4v) is 2.38. The van der Waals surface area contributed by atoms with Gasteiger partial charge in [0.25, 0.3) is 0 Å². The van der Waals surface area contributed by atoms with Crippen molar-refractivity contribution in [1.29, 1.82) is 0 Å². The van der Waals surface area contributed by atoms with Crippen molar-refractivity contribution >= 4 is 5.97 Å². The van der Waals surface area contributed by atoms with Crippen molar-refractivity contribution in [3.63, 3.8) is 0 Å². The number of benzene rings is 1. The largest absolute Gasteiger partial charge is 0.459 e. The monoisotopic (exact) mass is 246 g/mol. The second-order valence-corrected chi connectivity index (χ2v) is 5.33. The first-order chi connectivity index (χ1) is 8.61. The lowest BCUT2D eigenvalue weighted by Crippen LogP contribution is -2.21. The Kier molecular flexibility index (Phi) is 4.05. The van der Waals surface area contributed by atoms with Crippen LogP contribution >= 0.6 is 0 Å². The predicted octanol–water partition coefficient (Wildman–Crippen LogP) is 3.77. The van der Waals surface area contributed by atoms with Crippen LogP contribution in [0.15, 0.2) is 18.2 Å². The third kappa shape index (κ3) is 2.74. The quantitative estimate of drug-likeness (QED) is 0.756. The molecule has 1 aliphatic carbocycles. The Morgan fingerprint density at radius 3 is 2.72 bits per heavy atom. The molecule has 1 aliphatic rings. The van der Waals surface area contributed by atoms with Crippen LogP contribution in [-0.2, 0) is 17.6 Å². The second-order valence-electron chi connectivity index (χ2n) is 5.33. The van der Waals surface area contributed by atoms with Gasteiger partial charge in [0.2, 0.25) is 0 Å². The summed E-state index contributed by atoms with van der Waals surface area (Å²) in [6, 6.07) is 5.98. The Labute approximate surface area is 109 Å². The number of carbonyl (C=O) groups excluding carboxylic acids is 1. The Morgan fingerprint density at radius 1 is 1.28 bits per heavy atom. The molecule has 0 bridgehead atoms. The molecule has 0 N–H and O–H groups in total. The highest BCUT2D eigenvalue weighted by Gasteiger charge is 2.18. The Bertz CT molecular complexity index is 437. The van der Waals surface area contributed by atoms with Crippen molar-refractivity contribution < 1.29 is 9.53 Å². The fraction of sp³-hybridized carbons (Fsp3) is 0.562. The van der Waals surface area contributed by atoms with Crippen molar-refractivity contribution in [2.24, 2.45) is 5.92 Å². The molecule has 0 heterocycles. The molecule has 1 aromatic carbocycles. The van der Waals surface area contributed by atoms with Gasteiger partial charge in [-0.05, 0) is 55.4 Å². The summed E-state index contributed by atoms with van der Waals surface area (Å²) in [6.45, 7) is 6.20. The van der Waals surface area contributed by atoms with Crippen molar-refractivity contribution in [1.82, 2.24) is 0 Å². The minimum Gasteiger partial charge on any atom is -0.459 e. The number of hydrogen-bond donors (Lipinski definition) is 0. The Hall–Kier alpha value is -1.31. The summed E-state index contributed by atoms with van der Waals surface area (Å²) >= 11 is 0. The summed E-state index contributed by atoms with van der Waals surface area (Å²) < 4.78 is 5.51. The van der Waals surface area contributed by atoms with Crippen LogP contribution in [-0.4, -0.2) is 12.1 Å². The summed E-state index contributed by atoms with van der Waals surface area (Å²) in [7, 11) is 0. The summed E-state index contributed by atoms with van der Waals surface area (Å²) in [5, 5.41) is 0. The van der Waals surface area contributed by atoms with Gasteiger partial charge in [-0.3, -0.25) is 0 Å². The Morgan fingerprint density at radius 2 is 2.00 bits per heavy atom. The maximum atomic E-state index is 12.1. The standard InChI is InChI=1S/C16H22O2/c1-4-11(2)12(3)18-16(17)15-9-8-13-6-5-7-14(13)10-15/h8-12H,4-7H2,1-3H3. The number of aryl methyl sites for hydroxylation is 2. The van der Waals surface area contributed by atoms with E-state index in [0.29, 0.717) is 11.5 Å². The van der Waals surface area contributed by atoms with E-state index in [9.17, 15) is 4.79 Å². The summed E-state index contributed by atoms with van der Waals surface area (Å²) in [5.41, 5.74) is 3.41. The number of fused-ring (bicyclic) bond motifs is 1. The van der Waals surface area contributed by atoms with Gasteiger partial charge in [-0.15, -0.1) is 0 Å². The van der Waals surface area contributed by atoms with E-state index in [1.807, 2.05) is 19.1 Å². The molecular weight excluding hydrogens is 224 g/mol. The molecule has 0 fully saturated rings. The van der Waals surface area contributed by atoms with E-state index in [0.717, 1.165) is 19.3 Å². The average molecular weight is 246 g/mol. The molecule has 0 saturated carbocycles. The van der Waals surface area contributed by atoms with E-state index in [1.54, 1.807) is 0 Å². The van der Waals surface area contributed by atoms with Crippen molar-refractivity contribution in [2.75, 3.05) is 0 Å². The number of ether oxygens (including phenoxy) is 1. The van der Waals surface area contributed by atoms with Crippen molar-refractivity contribution in [3.05, 3.63) is 34.9 Å². The van der Waals surface area contributed by atoms with Crippen LogP contribution in [0.5, 0.6) is 0 Å². The van der Waals surface area contributed by atoms with Crippen LogP contribution in [0.3, 0.4) is 0 Å². The fourth-order valence-electron chi connectivity index (χ4n) is 2.38. The highest BCUT2D eigenvalue weighted by atomic mass is 16.5. The molecule has 2 unspecified atom stereocenters. The van der Waals surface area contributed by atoms with E-state index < -0.39 is 0 Å². The second kappa shape index (κ2) is 5.55. The lowest BCUT2D eigenvalue weighted by atomic mass is 10.0. The van der Waals surface area contributed by atoms with E-state index in [2.05, 4.69) is 19.9 Å². The van der Waals surface area contributed by atoms with Gasteiger partial charge in [0.15, 0.2) is 0 Å². The summed E-state index contributed by atoms with van der Waals surface area (Å²) in [6.07, 6.45) is 4.46. The third-order valence-corrected chi connectivity index (χ3v) is 4.07. The zero-order valence-electron chi connectivity index (χ0n) is 11.5. The zero-order valence-corrected chi connectivity index (χ0v) is 11.5. The smallest absolute Gasteiger partial charge is 0.338 e. The lowest BCUT2D eigenvalue weighted by molar-refractivity contribution is 0.0213. The van der Waals surface area contributed by atoms with E-state index in [1.165, 1.54) is 17.5 Å². The van der Waals surface area contributed by atoms with Crippen LogP contribution in [0, 0.1) is 5.92 Å². The van der Waals surface area contributed by atoms with Crippen molar-refractivity contribution in [3.8, 4) is 0 Å². The highest BCUT2D eigenvalue weighted by molar-refractivity contribution is 5.89. The summed E-state index contributed by atoms with van der Waals surface area (Å²) in [4.78, 5) is 12.1. The number of rotatable bonds is 4. The van der Waals surface area contributed by atoms with Crippen LogP contribution in [0.1, 0.15) is 55.1 Å². The van der Waals surface area contributed by atoms with Gasteiger partial charge in [-0.1, -0.05) is 26.3 Å². The molecule has 0 spiro atoms. The molecule has 2 atom stereocenters. The number of esters is 1. The molecule has 0 aliphatic heterocycles. The SMILES string of the molecule is CCC(C)C(C)OC(=O)c1ccc2c(c1)CCC2. The molecule has 98 valence electrons. The van der Waals surface area contributed by atoms with Crippen molar-refractivity contribution in [2.45, 2.75) is 52.6 Å². The van der Waals surface area contributed by atoms with Gasteiger partial charge in [0, 0.05) is 0 Å². The van der Waals surface area contributed by atoms with Gasteiger partial charge >= 0.3 is 5.97 Å². The molecule has 18 heavy (non-hydrogen) atoms. The van der Waals surface area contributed by atoms with Gasteiger partial charge in [0.05, 0.1) is 5.56 Å². The van der Waals surface area contributed by atoms with Gasteiger partial charge in [-0.25, -0.2) is 4.79 Å². The van der Waals surface area contributed by atoms with Crippen LogP contribution in [0.2, 0.25) is 0 Å². The third-order valence-electron chi connectivity index (χ3n) is 4.07. The van der Waals surface area contributed by atoms with Crippen LogP contribution in [0.25, 0.3) is 0 Å². The predicted molar refractivity (Wildman–Crippen MR) is 72.8 cm³/mol. The maximum Gasteiger partial charge on any atom is 0.338 e. The zero-order chi connectivity index (χ0) is 13.1. The summed E-state index contributed by atoms with van der Waals surface area (Å²) in [5.74, 6) is 0.223. The minimum atomic E-state index is -0.183. The molecular formula is C16H22O2. The topological polar surface area (TPSA) is 26.3 Å². The molecule has 0 radical (unpaired) electrons. The molecule has 0 aromatic heterocycles. The number of carbonyl (C=O) groups is 1. The molecule has 2 rings (SSSR count). The van der Waals surface area contributed by atoms with E-state index in [-0.39, 0.29) is 12.1 Å². The first-order valence-electron chi connectivity index (χ1n) is 6.94. The molecule has 0 amide bonds. The molecule has 2 heteroatoms. The van der Waals surface area contributed by atoms with Gasteiger partial charge < -0.3 is 4.74 Å².